The van der Waals surface area contributed by atoms with Crippen LogP contribution < -0.4 is 10.1 Å². The Morgan fingerprint density at radius 2 is 2.03 bits per heavy atom. The lowest BCUT2D eigenvalue weighted by Gasteiger charge is -2.16. The van der Waals surface area contributed by atoms with E-state index in [9.17, 15) is 4.79 Å². The first kappa shape index (κ1) is 17.8. The van der Waals surface area contributed by atoms with Gasteiger partial charge in [-0.3, -0.25) is 10.1 Å². The molecule has 2 N–H and O–H groups in total. The number of methoxy groups -OCH3 is 1. The molecule has 0 unspecified atom stereocenters. The molecule has 2 aromatic carbocycles. The first-order valence-corrected chi connectivity index (χ1v) is 10.1. The van der Waals surface area contributed by atoms with Gasteiger partial charge in [0.05, 0.1) is 24.6 Å². The van der Waals surface area contributed by atoms with Gasteiger partial charge in [0.15, 0.2) is 0 Å². The number of para-hydroxylation sites is 2. The number of nitrogens with zero attached hydrogens (tertiary/aromatic N) is 2. The van der Waals surface area contributed by atoms with Crippen molar-refractivity contribution in [3.05, 3.63) is 54.2 Å². The van der Waals surface area contributed by atoms with Crippen LogP contribution in [0.1, 0.15) is 37.3 Å². The molecule has 4 aromatic rings. The Balaban J connectivity index is 1.46. The van der Waals surface area contributed by atoms with Crippen LogP contribution in [0.25, 0.3) is 21.9 Å². The molecule has 0 saturated heterocycles. The van der Waals surface area contributed by atoms with Gasteiger partial charge in [-0.1, -0.05) is 31.0 Å². The highest BCUT2D eigenvalue weighted by molar-refractivity contribution is 5.97. The van der Waals surface area contributed by atoms with E-state index >= 15 is 0 Å². The predicted octanol–water partition coefficient (Wildman–Crippen LogP) is 4.82. The van der Waals surface area contributed by atoms with Gasteiger partial charge in [0.2, 0.25) is 11.9 Å². The van der Waals surface area contributed by atoms with Gasteiger partial charge in [-0.15, -0.1) is 0 Å². The molecular formula is C23H24N4O2. The maximum absolute atomic E-state index is 12.9. The number of carbonyl (C=O) groups excluding carboxylic acids is 1. The fourth-order valence-corrected chi connectivity index (χ4v) is 4.54. The highest BCUT2D eigenvalue weighted by atomic mass is 16.5. The summed E-state index contributed by atoms with van der Waals surface area (Å²) in [4.78, 5) is 20.9. The summed E-state index contributed by atoms with van der Waals surface area (Å²) in [6, 6.07) is 14.3. The fourth-order valence-electron chi connectivity index (χ4n) is 4.54. The summed E-state index contributed by atoms with van der Waals surface area (Å²) in [5.74, 6) is 1.34. The Morgan fingerprint density at radius 1 is 1.21 bits per heavy atom. The maximum atomic E-state index is 12.9. The van der Waals surface area contributed by atoms with Crippen LogP contribution in [0, 0.1) is 0 Å². The zero-order valence-electron chi connectivity index (χ0n) is 16.4. The quantitative estimate of drug-likeness (QED) is 0.515. The van der Waals surface area contributed by atoms with Crippen LogP contribution >= 0.6 is 0 Å². The van der Waals surface area contributed by atoms with Crippen molar-refractivity contribution in [3.63, 3.8) is 0 Å². The summed E-state index contributed by atoms with van der Waals surface area (Å²) >= 11 is 0. The topological polar surface area (TPSA) is 71.9 Å². The standard InChI is InChI=1S/C23H24N4O2/c1-29-20-12-6-10-18-22(20)15(14-24-18)13-21(28)26-23-25-17-9-4-5-11-19(17)27(23)16-7-2-3-8-16/h4-6,9-12,14,16,24H,2-3,7-8,13H2,1H3,(H,25,26,28). The van der Waals surface area contributed by atoms with Crippen LogP contribution in [0.15, 0.2) is 48.7 Å². The molecule has 29 heavy (non-hydrogen) atoms. The van der Waals surface area contributed by atoms with E-state index in [1.54, 1.807) is 7.11 Å². The predicted molar refractivity (Wildman–Crippen MR) is 114 cm³/mol. The molecular weight excluding hydrogens is 364 g/mol. The van der Waals surface area contributed by atoms with Crippen molar-refractivity contribution in [2.24, 2.45) is 0 Å². The number of hydrogen-bond acceptors (Lipinski definition) is 3. The number of fused-ring (bicyclic) bond motifs is 2. The summed E-state index contributed by atoms with van der Waals surface area (Å²) in [5.41, 5.74) is 3.88. The van der Waals surface area contributed by atoms with Crippen LogP contribution in [-0.4, -0.2) is 27.6 Å². The van der Waals surface area contributed by atoms with Crippen LogP contribution in [0.2, 0.25) is 0 Å². The number of nitrogens with one attached hydrogen (secondary N) is 2. The maximum Gasteiger partial charge on any atom is 0.231 e. The highest BCUT2D eigenvalue weighted by Gasteiger charge is 2.24. The number of imidazole rings is 1. The van der Waals surface area contributed by atoms with Gasteiger partial charge in [0.25, 0.3) is 0 Å². The summed E-state index contributed by atoms with van der Waals surface area (Å²) in [5, 5.41) is 4.03. The molecule has 1 aliphatic carbocycles. The van der Waals surface area contributed by atoms with Gasteiger partial charge in [-0.25, -0.2) is 4.98 Å². The second kappa shape index (κ2) is 7.28. The number of anilines is 1. The number of aromatic nitrogens is 3. The van der Waals surface area contributed by atoms with E-state index in [1.807, 2.05) is 42.6 Å². The molecule has 1 fully saturated rings. The van der Waals surface area contributed by atoms with Gasteiger partial charge in [0, 0.05) is 23.1 Å². The number of aromatic amines is 1. The third-order valence-electron chi connectivity index (χ3n) is 5.86. The van der Waals surface area contributed by atoms with E-state index in [1.165, 1.54) is 12.8 Å². The molecule has 1 saturated carbocycles. The molecule has 1 amide bonds. The van der Waals surface area contributed by atoms with E-state index in [0.717, 1.165) is 46.1 Å². The molecule has 2 aromatic heterocycles. The number of amides is 1. The van der Waals surface area contributed by atoms with Crippen molar-refractivity contribution in [2.75, 3.05) is 12.4 Å². The van der Waals surface area contributed by atoms with Gasteiger partial charge in [-0.2, -0.15) is 0 Å². The number of rotatable bonds is 5. The first-order chi connectivity index (χ1) is 14.2. The van der Waals surface area contributed by atoms with Crippen LogP contribution in [0.5, 0.6) is 5.75 Å². The Labute approximate surface area is 168 Å². The Hall–Kier alpha value is -3.28. The normalized spacial score (nSPS) is 14.7. The number of ether oxygens (including phenoxy) is 1. The average molecular weight is 388 g/mol. The van der Waals surface area contributed by atoms with Gasteiger partial charge in [-0.05, 0) is 42.7 Å². The van der Waals surface area contributed by atoms with E-state index in [0.29, 0.717) is 12.0 Å². The third-order valence-corrected chi connectivity index (χ3v) is 5.86. The lowest BCUT2D eigenvalue weighted by molar-refractivity contribution is -0.115. The van der Waals surface area contributed by atoms with Gasteiger partial charge < -0.3 is 14.3 Å². The van der Waals surface area contributed by atoms with Crippen LogP contribution in [-0.2, 0) is 11.2 Å². The number of H-pyrrole nitrogens is 1. The summed E-state index contributed by atoms with van der Waals surface area (Å²) < 4.78 is 7.70. The highest BCUT2D eigenvalue weighted by Crippen LogP contribution is 2.35. The largest absolute Gasteiger partial charge is 0.496 e. The van der Waals surface area contributed by atoms with E-state index < -0.39 is 0 Å². The average Bonchev–Trinajstić information content (AvgIpc) is 3.46. The molecule has 6 nitrogen and oxygen atoms in total. The second-order valence-corrected chi connectivity index (χ2v) is 7.65. The van der Waals surface area contributed by atoms with E-state index in [2.05, 4.69) is 20.9 Å². The Kier molecular flexibility index (Phi) is 4.46. The third kappa shape index (κ3) is 3.14. The SMILES string of the molecule is COc1cccc2[nH]cc(CC(=O)Nc3nc4ccccc4n3C3CCCC3)c12. The van der Waals surface area contributed by atoms with Crippen LogP contribution in [0.4, 0.5) is 5.95 Å². The molecule has 0 aliphatic heterocycles. The number of carbonyl (C=O) groups is 1. The molecule has 1 aliphatic rings. The Morgan fingerprint density at radius 3 is 2.86 bits per heavy atom. The number of benzene rings is 2. The smallest absolute Gasteiger partial charge is 0.231 e. The van der Waals surface area contributed by atoms with Gasteiger partial charge in [0.1, 0.15) is 5.75 Å². The first-order valence-electron chi connectivity index (χ1n) is 10.1. The molecule has 6 heteroatoms. The summed E-state index contributed by atoms with van der Waals surface area (Å²) in [6.07, 6.45) is 6.84. The van der Waals surface area contributed by atoms with Crippen molar-refractivity contribution in [3.8, 4) is 5.75 Å². The lowest BCUT2D eigenvalue weighted by atomic mass is 10.1. The minimum Gasteiger partial charge on any atom is -0.496 e. The molecule has 0 spiro atoms. The second-order valence-electron chi connectivity index (χ2n) is 7.65. The molecule has 0 bridgehead atoms. The Bertz CT molecular complexity index is 1180. The minimum atomic E-state index is -0.0774. The summed E-state index contributed by atoms with van der Waals surface area (Å²) in [7, 11) is 1.65. The lowest BCUT2D eigenvalue weighted by Crippen LogP contribution is -2.19. The molecule has 5 rings (SSSR count). The summed E-state index contributed by atoms with van der Waals surface area (Å²) in [6.45, 7) is 0. The van der Waals surface area contributed by atoms with E-state index in [4.69, 9.17) is 9.72 Å². The van der Waals surface area contributed by atoms with Crippen LogP contribution in [0.3, 0.4) is 0 Å². The molecule has 148 valence electrons. The van der Waals surface area contributed by atoms with Gasteiger partial charge >= 0.3 is 0 Å². The zero-order valence-corrected chi connectivity index (χ0v) is 16.4. The van der Waals surface area contributed by atoms with E-state index in [-0.39, 0.29) is 12.3 Å². The number of hydrogen-bond donors (Lipinski definition) is 2. The molecule has 0 radical (unpaired) electrons. The monoisotopic (exact) mass is 388 g/mol. The molecule has 0 atom stereocenters. The van der Waals surface area contributed by atoms with Crippen molar-refractivity contribution in [1.82, 2.24) is 14.5 Å². The zero-order chi connectivity index (χ0) is 19.8. The van der Waals surface area contributed by atoms with Crippen molar-refractivity contribution in [1.29, 1.82) is 0 Å². The van der Waals surface area contributed by atoms with Crippen molar-refractivity contribution in [2.45, 2.75) is 38.1 Å². The fraction of sp³-hybridized carbons (Fsp3) is 0.304. The van der Waals surface area contributed by atoms with Crippen molar-refractivity contribution >= 4 is 33.8 Å². The molecule has 2 heterocycles. The van der Waals surface area contributed by atoms with Crippen molar-refractivity contribution < 1.29 is 9.53 Å². The minimum absolute atomic E-state index is 0.0774.